The fraction of sp³-hybridized carbons (Fsp3) is 0.800. The van der Waals surface area contributed by atoms with E-state index in [1.54, 1.807) is 6.26 Å². The van der Waals surface area contributed by atoms with Crippen LogP contribution in [-0.2, 0) is 4.74 Å². The highest BCUT2D eigenvalue weighted by Gasteiger charge is 2.14. The molecule has 1 heterocycles. The molecule has 1 nitrogen and oxygen atoms in total. The van der Waals surface area contributed by atoms with Crippen LogP contribution < -0.4 is 0 Å². The van der Waals surface area contributed by atoms with E-state index in [1.807, 2.05) is 13.0 Å². The van der Waals surface area contributed by atoms with Crippen molar-refractivity contribution in [2.75, 3.05) is 12.4 Å². The molecule has 0 aromatic carbocycles. The lowest BCUT2D eigenvalue weighted by molar-refractivity contribution is 0.241. The maximum Gasteiger partial charge on any atom is 0.0873 e. The van der Waals surface area contributed by atoms with Gasteiger partial charge in [0.15, 0.2) is 0 Å². The molecule has 1 atom stereocenters. The van der Waals surface area contributed by atoms with Crippen molar-refractivity contribution in [1.29, 1.82) is 0 Å². The van der Waals surface area contributed by atoms with Crippen LogP contribution >= 0.6 is 11.8 Å². The molecule has 1 aliphatic rings. The third-order valence-corrected chi connectivity index (χ3v) is 3.51. The number of thioether (sulfide) groups is 1. The van der Waals surface area contributed by atoms with E-state index in [2.05, 4.69) is 11.8 Å². The molecule has 0 amide bonds. The van der Waals surface area contributed by atoms with Crippen molar-refractivity contribution < 1.29 is 4.74 Å². The first-order valence-electron chi connectivity index (χ1n) is 4.78. The van der Waals surface area contributed by atoms with Gasteiger partial charge in [-0.15, -0.1) is 0 Å². The highest BCUT2D eigenvalue weighted by molar-refractivity contribution is 8.00. The van der Waals surface area contributed by atoms with Crippen molar-refractivity contribution in [2.24, 2.45) is 0 Å². The van der Waals surface area contributed by atoms with Gasteiger partial charge in [0.1, 0.15) is 0 Å². The first-order chi connectivity index (χ1) is 5.93. The largest absolute Gasteiger partial charge is 0.502 e. The molecule has 1 saturated heterocycles. The van der Waals surface area contributed by atoms with Crippen LogP contribution in [0.2, 0.25) is 0 Å². The first-order valence-corrected chi connectivity index (χ1v) is 5.82. The lowest BCUT2D eigenvalue weighted by Crippen LogP contribution is -1.98. The Balaban J connectivity index is 1.87. The maximum atomic E-state index is 5.25. The maximum absolute atomic E-state index is 5.25. The summed E-state index contributed by atoms with van der Waals surface area (Å²) < 4.78 is 5.25. The van der Waals surface area contributed by atoms with Crippen LogP contribution in [0.3, 0.4) is 0 Å². The van der Waals surface area contributed by atoms with E-state index in [9.17, 15) is 0 Å². The Bertz CT molecular complexity index is 128. The van der Waals surface area contributed by atoms with Gasteiger partial charge in [-0.25, -0.2) is 0 Å². The zero-order chi connectivity index (χ0) is 8.65. The first kappa shape index (κ1) is 9.97. The quantitative estimate of drug-likeness (QED) is 0.481. The summed E-state index contributed by atoms with van der Waals surface area (Å²) in [4.78, 5) is 0. The summed E-state index contributed by atoms with van der Waals surface area (Å²) in [5.74, 6) is 1.38. The molecule has 1 unspecified atom stereocenters. The van der Waals surface area contributed by atoms with Crippen LogP contribution in [0.1, 0.15) is 32.6 Å². The predicted molar refractivity (Wildman–Crippen MR) is 55.5 cm³/mol. The number of ether oxygens (including phenoxy) is 1. The molecule has 1 fully saturated rings. The summed E-state index contributed by atoms with van der Waals surface area (Å²) in [5, 5.41) is 0.930. The fourth-order valence-corrected chi connectivity index (χ4v) is 2.76. The van der Waals surface area contributed by atoms with Gasteiger partial charge >= 0.3 is 0 Å². The molecule has 0 N–H and O–H groups in total. The molecule has 0 spiro atoms. The van der Waals surface area contributed by atoms with Crippen molar-refractivity contribution >= 4 is 11.8 Å². The van der Waals surface area contributed by atoms with Crippen LogP contribution in [0.25, 0.3) is 0 Å². The molecule has 70 valence electrons. The highest BCUT2D eigenvalue weighted by atomic mass is 32.2. The van der Waals surface area contributed by atoms with Crippen molar-refractivity contribution in [3.05, 3.63) is 12.3 Å². The Morgan fingerprint density at radius 3 is 3.17 bits per heavy atom. The van der Waals surface area contributed by atoms with Gasteiger partial charge in [-0.1, -0.05) is 6.08 Å². The van der Waals surface area contributed by atoms with E-state index in [1.165, 1.54) is 31.4 Å². The topological polar surface area (TPSA) is 9.23 Å². The Hall–Kier alpha value is -0.110. The number of allylic oxidation sites excluding steroid dienone is 1. The van der Waals surface area contributed by atoms with Crippen molar-refractivity contribution in [3.8, 4) is 0 Å². The molecule has 1 rings (SSSR count). The smallest absolute Gasteiger partial charge is 0.0873 e. The monoisotopic (exact) mass is 186 g/mol. The average molecular weight is 186 g/mol. The van der Waals surface area contributed by atoms with Crippen molar-refractivity contribution in [1.82, 2.24) is 0 Å². The van der Waals surface area contributed by atoms with Gasteiger partial charge in [-0.3, -0.25) is 0 Å². The summed E-state index contributed by atoms with van der Waals surface area (Å²) in [6, 6.07) is 0. The van der Waals surface area contributed by atoms with Crippen LogP contribution in [0.15, 0.2) is 12.3 Å². The average Bonchev–Trinajstić information content (AvgIpc) is 2.57. The van der Waals surface area contributed by atoms with Gasteiger partial charge in [0.2, 0.25) is 0 Å². The standard InChI is InChI=1S/C10H18OS/c1-2-7-11-8-3-5-10-6-4-9-12-10/h2,7,10H,3-6,8-9H2,1H3/b7-2+. The molecular formula is C10H18OS. The third kappa shape index (κ3) is 4.05. The van der Waals surface area contributed by atoms with Crippen LogP contribution in [0, 0.1) is 0 Å². The van der Waals surface area contributed by atoms with Gasteiger partial charge in [0, 0.05) is 5.25 Å². The summed E-state index contributed by atoms with van der Waals surface area (Å²) in [6.07, 6.45) is 9.11. The minimum Gasteiger partial charge on any atom is -0.502 e. The van der Waals surface area contributed by atoms with Gasteiger partial charge in [-0.2, -0.15) is 11.8 Å². The summed E-state index contributed by atoms with van der Waals surface area (Å²) >= 11 is 2.13. The summed E-state index contributed by atoms with van der Waals surface area (Å²) in [5.41, 5.74) is 0. The SMILES string of the molecule is C/C=C/OCCCC1CCCS1. The Morgan fingerprint density at radius 1 is 1.58 bits per heavy atom. The van der Waals surface area contributed by atoms with Crippen molar-refractivity contribution in [2.45, 2.75) is 37.9 Å². The van der Waals surface area contributed by atoms with E-state index in [0.29, 0.717) is 0 Å². The minimum absolute atomic E-state index is 0.890. The van der Waals surface area contributed by atoms with Gasteiger partial charge in [0.25, 0.3) is 0 Å². The molecule has 2 heteroatoms. The Kier molecular flexibility index (Phi) is 5.33. The normalized spacial score (nSPS) is 23.6. The van der Waals surface area contributed by atoms with Gasteiger partial charge < -0.3 is 4.74 Å². The van der Waals surface area contributed by atoms with Crippen LogP contribution in [0.5, 0.6) is 0 Å². The third-order valence-electron chi connectivity index (χ3n) is 2.04. The molecule has 0 radical (unpaired) electrons. The van der Waals surface area contributed by atoms with E-state index in [-0.39, 0.29) is 0 Å². The molecule has 0 aliphatic carbocycles. The van der Waals surface area contributed by atoms with E-state index in [0.717, 1.165) is 11.9 Å². The summed E-state index contributed by atoms with van der Waals surface area (Å²) in [7, 11) is 0. The molecule has 0 bridgehead atoms. The zero-order valence-electron chi connectivity index (χ0n) is 7.79. The zero-order valence-corrected chi connectivity index (χ0v) is 8.61. The molecule has 0 saturated carbocycles. The Morgan fingerprint density at radius 2 is 2.50 bits per heavy atom. The van der Waals surface area contributed by atoms with Crippen molar-refractivity contribution in [3.63, 3.8) is 0 Å². The molecule has 12 heavy (non-hydrogen) atoms. The summed E-state index contributed by atoms with van der Waals surface area (Å²) in [6.45, 7) is 2.87. The second-order valence-electron chi connectivity index (χ2n) is 3.12. The van der Waals surface area contributed by atoms with Crippen LogP contribution in [-0.4, -0.2) is 17.6 Å². The lowest BCUT2D eigenvalue weighted by atomic mass is 10.2. The van der Waals surface area contributed by atoms with Gasteiger partial charge in [-0.05, 0) is 38.4 Å². The molecule has 0 aromatic heterocycles. The van der Waals surface area contributed by atoms with E-state index >= 15 is 0 Å². The van der Waals surface area contributed by atoms with Gasteiger partial charge in [0.05, 0.1) is 12.9 Å². The number of rotatable bonds is 5. The molecular weight excluding hydrogens is 168 g/mol. The second-order valence-corrected chi connectivity index (χ2v) is 4.53. The lowest BCUT2D eigenvalue weighted by Gasteiger charge is -2.06. The number of hydrogen-bond acceptors (Lipinski definition) is 2. The molecule has 0 aromatic rings. The fourth-order valence-electron chi connectivity index (χ4n) is 1.43. The molecule has 1 aliphatic heterocycles. The minimum atomic E-state index is 0.890. The highest BCUT2D eigenvalue weighted by Crippen LogP contribution is 2.29. The van der Waals surface area contributed by atoms with E-state index in [4.69, 9.17) is 4.74 Å². The van der Waals surface area contributed by atoms with E-state index < -0.39 is 0 Å². The second kappa shape index (κ2) is 6.41. The van der Waals surface area contributed by atoms with Crippen LogP contribution in [0.4, 0.5) is 0 Å². The number of hydrogen-bond donors (Lipinski definition) is 0. The Labute approximate surface area is 79.6 Å². The predicted octanol–water partition coefficient (Wildman–Crippen LogP) is 3.21.